The van der Waals surface area contributed by atoms with E-state index in [4.69, 9.17) is 16.3 Å². The van der Waals surface area contributed by atoms with Crippen LogP contribution in [-0.4, -0.2) is 50.3 Å². The van der Waals surface area contributed by atoms with Gasteiger partial charge < -0.3 is 15.2 Å². The van der Waals surface area contributed by atoms with Gasteiger partial charge in [0.05, 0.1) is 18.7 Å². The number of nitrogens with zero attached hydrogens (tertiary/aromatic N) is 3. The van der Waals surface area contributed by atoms with Crippen LogP contribution >= 0.6 is 11.6 Å². The summed E-state index contributed by atoms with van der Waals surface area (Å²) in [5, 5.41) is 15.9. The van der Waals surface area contributed by atoms with Gasteiger partial charge in [0.2, 0.25) is 5.88 Å². The fraction of sp³-hybridized carbons (Fsp3) is 0.259. The van der Waals surface area contributed by atoms with Crippen molar-refractivity contribution in [2.75, 3.05) is 11.9 Å². The number of anilines is 1. The van der Waals surface area contributed by atoms with Gasteiger partial charge in [0, 0.05) is 23.3 Å². The number of hydrogen-bond donors (Lipinski definition) is 3. The molecule has 1 saturated carbocycles. The van der Waals surface area contributed by atoms with Gasteiger partial charge >= 0.3 is 18.0 Å². The quantitative estimate of drug-likeness (QED) is 0.336. The summed E-state index contributed by atoms with van der Waals surface area (Å²) in [5.41, 5.74) is 1.36. The van der Waals surface area contributed by atoms with Crippen LogP contribution in [0.4, 0.5) is 19.7 Å². The molecular formula is C27H25ClFN5O5. The molecule has 202 valence electrons. The topological polar surface area (TPSA) is 124 Å². The molecule has 12 heteroatoms. The number of pyridine rings is 1. The van der Waals surface area contributed by atoms with Crippen LogP contribution in [0.3, 0.4) is 0 Å². The first-order chi connectivity index (χ1) is 18.6. The summed E-state index contributed by atoms with van der Waals surface area (Å²) in [7, 11) is 0. The lowest BCUT2D eigenvalue weighted by Crippen LogP contribution is -2.74. The predicted octanol–water partition coefficient (Wildman–Crippen LogP) is 5.12. The summed E-state index contributed by atoms with van der Waals surface area (Å²) in [6.07, 6.45) is 1.47. The van der Waals surface area contributed by atoms with Crippen molar-refractivity contribution in [3.8, 4) is 11.6 Å². The van der Waals surface area contributed by atoms with Crippen molar-refractivity contribution in [2.45, 2.75) is 25.7 Å². The molecule has 0 spiro atoms. The van der Waals surface area contributed by atoms with Crippen molar-refractivity contribution >= 4 is 35.3 Å². The average Bonchev–Trinajstić information content (AvgIpc) is 3.68. The molecule has 2 aromatic carbocycles. The third-order valence-corrected chi connectivity index (χ3v) is 6.92. The highest BCUT2D eigenvalue weighted by Gasteiger charge is 2.51. The molecule has 2 aliphatic rings. The van der Waals surface area contributed by atoms with E-state index in [0.29, 0.717) is 22.9 Å². The third-order valence-electron chi connectivity index (χ3n) is 6.67. The zero-order valence-electron chi connectivity index (χ0n) is 20.8. The molecule has 1 saturated heterocycles. The van der Waals surface area contributed by atoms with Gasteiger partial charge in [0.1, 0.15) is 11.6 Å². The molecule has 3 atom stereocenters. The molecule has 39 heavy (non-hydrogen) atoms. The second-order valence-corrected chi connectivity index (χ2v) is 10.1. The summed E-state index contributed by atoms with van der Waals surface area (Å²) >= 11 is 6.03. The van der Waals surface area contributed by atoms with E-state index in [1.54, 1.807) is 55.5 Å². The maximum absolute atomic E-state index is 13.7. The van der Waals surface area contributed by atoms with E-state index in [1.165, 1.54) is 17.0 Å². The number of nitrogens with one attached hydrogen (secondary N) is 2. The number of carbonyl (C=O) groups is 3. The Labute approximate surface area is 228 Å². The molecule has 3 N–H and O–H groups in total. The molecule has 4 amide bonds. The molecule has 0 bridgehead atoms. The molecule has 1 aliphatic heterocycles. The van der Waals surface area contributed by atoms with Crippen molar-refractivity contribution in [3.63, 3.8) is 0 Å². The summed E-state index contributed by atoms with van der Waals surface area (Å²) in [6.45, 7) is 1.82. The van der Waals surface area contributed by atoms with Crippen molar-refractivity contribution in [3.05, 3.63) is 83.3 Å². The number of ether oxygens (including phenoxy) is 1. The molecule has 1 aliphatic carbocycles. The van der Waals surface area contributed by atoms with Crippen molar-refractivity contribution in [1.82, 2.24) is 20.1 Å². The summed E-state index contributed by atoms with van der Waals surface area (Å²) in [6, 6.07) is 15.2. The van der Waals surface area contributed by atoms with Gasteiger partial charge in [-0.15, -0.1) is 0 Å². The Balaban J connectivity index is 1.36. The van der Waals surface area contributed by atoms with Gasteiger partial charge in [0.25, 0.3) is 0 Å². The highest BCUT2D eigenvalue weighted by Crippen LogP contribution is 2.40. The maximum Gasteiger partial charge on any atom is 0.331 e. The molecular weight excluding hydrogens is 529 g/mol. The van der Waals surface area contributed by atoms with Crippen molar-refractivity contribution < 1.29 is 28.6 Å². The van der Waals surface area contributed by atoms with Gasteiger partial charge in [-0.05, 0) is 67.3 Å². The second kappa shape index (κ2) is 10.4. The van der Waals surface area contributed by atoms with E-state index in [1.807, 2.05) is 0 Å². The Bertz CT molecular complexity index is 1390. The lowest BCUT2D eigenvalue weighted by Gasteiger charge is -2.48. The van der Waals surface area contributed by atoms with Crippen LogP contribution < -0.4 is 15.4 Å². The van der Waals surface area contributed by atoms with Crippen molar-refractivity contribution in [1.29, 1.82) is 0 Å². The molecule has 10 nitrogen and oxygen atoms in total. The smallest absolute Gasteiger partial charge is 0.331 e. The Hall–Kier alpha value is -4.38. The second-order valence-electron chi connectivity index (χ2n) is 9.61. The molecule has 2 fully saturated rings. The van der Waals surface area contributed by atoms with Crippen LogP contribution in [-0.2, 0) is 11.3 Å². The average molecular weight is 554 g/mol. The van der Waals surface area contributed by atoms with E-state index < -0.39 is 35.6 Å². The number of benzene rings is 2. The number of urea groups is 2. The Morgan fingerprint density at radius 2 is 1.90 bits per heavy atom. The number of carboxylic acids is 1. The summed E-state index contributed by atoms with van der Waals surface area (Å²) in [5.74, 6) is -2.90. The van der Waals surface area contributed by atoms with Gasteiger partial charge in [-0.25, -0.2) is 23.9 Å². The minimum Gasteiger partial charge on any atom is -0.481 e. The van der Waals surface area contributed by atoms with E-state index >= 15 is 0 Å². The normalized spacial score (nSPS) is 22.3. The highest BCUT2D eigenvalue weighted by molar-refractivity contribution is 6.30. The predicted molar refractivity (Wildman–Crippen MR) is 140 cm³/mol. The Kier molecular flexibility index (Phi) is 7.00. The number of carbonyl (C=O) groups excluding carboxylic acids is 2. The minimum absolute atomic E-state index is 0.0122. The number of halogens is 2. The number of rotatable bonds is 9. The Morgan fingerprint density at radius 1 is 1.18 bits per heavy atom. The van der Waals surface area contributed by atoms with Gasteiger partial charge in [-0.1, -0.05) is 23.7 Å². The van der Waals surface area contributed by atoms with Crippen LogP contribution in [0.5, 0.6) is 11.6 Å². The molecule has 1 aromatic heterocycles. The zero-order chi connectivity index (χ0) is 27.7. The molecule has 2 heterocycles. The maximum atomic E-state index is 13.7. The van der Waals surface area contributed by atoms with Gasteiger partial charge in [0.15, 0.2) is 5.79 Å². The highest BCUT2D eigenvalue weighted by atomic mass is 35.5. The van der Waals surface area contributed by atoms with Gasteiger partial charge in [-0.3, -0.25) is 15.0 Å². The number of imide groups is 1. The first-order valence-electron chi connectivity index (χ1n) is 12.2. The van der Waals surface area contributed by atoms with E-state index in [0.717, 1.165) is 16.7 Å². The van der Waals surface area contributed by atoms with E-state index in [2.05, 4.69) is 15.6 Å². The fourth-order valence-corrected chi connectivity index (χ4v) is 4.57. The van der Waals surface area contributed by atoms with Crippen molar-refractivity contribution in [2.24, 2.45) is 11.8 Å². The monoisotopic (exact) mass is 553 g/mol. The van der Waals surface area contributed by atoms with E-state index in [-0.39, 0.29) is 24.9 Å². The number of amides is 4. The van der Waals surface area contributed by atoms with Crippen LogP contribution in [0.2, 0.25) is 5.02 Å². The van der Waals surface area contributed by atoms with Gasteiger partial charge in [-0.2, -0.15) is 0 Å². The van der Waals surface area contributed by atoms with Crippen LogP contribution in [0.1, 0.15) is 18.9 Å². The van der Waals surface area contributed by atoms with E-state index in [9.17, 15) is 23.9 Å². The van der Waals surface area contributed by atoms with Crippen LogP contribution in [0.25, 0.3) is 0 Å². The molecule has 3 aromatic rings. The SMILES string of the molecule is CC1(Nc2ccc(Oc3ccc(F)cn3)cc2)NC(=O)N(C[C@H]2C[C@@H]2C(=O)O)C(=O)N1Cc1ccc(Cl)cc1. The molecule has 5 rings (SSSR count). The number of aliphatic carboxylic acids is 1. The number of hydrogen-bond acceptors (Lipinski definition) is 6. The minimum atomic E-state index is -1.33. The first kappa shape index (κ1) is 26.2. The largest absolute Gasteiger partial charge is 0.481 e. The summed E-state index contributed by atoms with van der Waals surface area (Å²) in [4.78, 5) is 44.4. The molecule has 1 unspecified atom stereocenters. The standard InChI is InChI=1S/C27H25ClFN5O5/c1-27(31-20-7-9-21(10-8-20)39-23-11-6-19(29)13-30-23)32-25(37)33(15-17-12-22(17)24(35)36)26(38)34(27)14-16-2-4-18(28)5-3-16/h2-11,13,17,22,31H,12,14-15H2,1H3,(H,32,37)(H,35,36)/t17-,22+,27?/m1/s1. The number of carboxylic acid groups (broad SMARTS) is 1. The molecule has 0 radical (unpaired) electrons. The fourth-order valence-electron chi connectivity index (χ4n) is 4.44. The lowest BCUT2D eigenvalue weighted by atomic mass is 10.1. The Morgan fingerprint density at radius 3 is 2.51 bits per heavy atom. The summed E-state index contributed by atoms with van der Waals surface area (Å²) < 4.78 is 18.7. The van der Waals surface area contributed by atoms with Crippen LogP contribution in [0, 0.1) is 17.7 Å². The first-order valence-corrected chi connectivity index (χ1v) is 12.6. The zero-order valence-corrected chi connectivity index (χ0v) is 21.6. The number of aromatic nitrogens is 1. The lowest BCUT2D eigenvalue weighted by molar-refractivity contribution is -0.138. The third kappa shape index (κ3) is 5.88. The van der Waals surface area contributed by atoms with Crippen LogP contribution in [0.15, 0.2) is 66.9 Å².